The molecule has 2 atom stereocenters. The van der Waals surface area contributed by atoms with Crippen LogP contribution >= 0.6 is 0 Å². The van der Waals surface area contributed by atoms with Gasteiger partial charge in [0, 0.05) is 38.4 Å². The number of hydrogen-bond donors (Lipinski definition) is 1. The molecule has 2 unspecified atom stereocenters. The number of nitrogens with one attached hydrogen (secondary N) is 1. The van der Waals surface area contributed by atoms with Gasteiger partial charge in [0.1, 0.15) is 0 Å². The van der Waals surface area contributed by atoms with E-state index in [9.17, 15) is 13.2 Å². The molecule has 6 nitrogen and oxygen atoms in total. The van der Waals surface area contributed by atoms with Crippen LogP contribution in [0.4, 0.5) is 0 Å². The highest BCUT2D eigenvalue weighted by molar-refractivity contribution is 7.89. The zero-order chi connectivity index (χ0) is 19.2. The van der Waals surface area contributed by atoms with Gasteiger partial charge in [0.15, 0.2) is 0 Å². The average Bonchev–Trinajstić information content (AvgIpc) is 2.60. The Balaban J connectivity index is 2.06. The molecule has 1 heterocycles. The second kappa shape index (κ2) is 9.48. The van der Waals surface area contributed by atoms with E-state index < -0.39 is 10.0 Å². The molecular weight excluding hydrogens is 352 g/mol. The molecule has 1 amide bonds. The predicted molar refractivity (Wildman–Crippen MR) is 102 cm³/mol. The lowest BCUT2D eigenvalue weighted by molar-refractivity contribution is 0.0944. The van der Waals surface area contributed by atoms with Gasteiger partial charge in [-0.15, -0.1) is 0 Å². The number of carbonyl (C=O) groups is 1. The zero-order valence-electron chi connectivity index (χ0n) is 15.9. The molecule has 26 heavy (non-hydrogen) atoms. The first-order chi connectivity index (χ1) is 12.3. The van der Waals surface area contributed by atoms with E-state index in [0.717, 1.165) is 12.8 Å². The van der Waals surface area contributed by atoms with Crippen molar-refractivity contribution >= 4 is 15.9 Å². The second-order valence-corrected chi connectivity index (χ2v) is 9.04. The maximum Gasteiger partial charge on any atom is 0.251 e. The Morgan fingerprint density at radius 3 is 2.62 bits per heavy atom. The summed E-state index contributed by atoms with van der Waals surface area (Å²) >= 11 is 0. The van der Waals surface area contributed by atoms with Gasteiger partial charge in [-0.05, 0) is 49.8 Å². The maximum absolute atomic E-state index is 13.0. The first-order valence-electron chi connectivity index (χ1n) is 9.30. The monoisotopic (exact) mass is 382 g/mol. The van der Waals surface area contributed by atoms with Crippen molar-refractivity contribution in [3.05, 3.63) is 29.8 Å². The Morgan fingerprint density at radius 2 is 1.96 bits per heavy atom. The van der Waals surface area contributed by atoms with E-state index in [1.165, 1.54) is 6.07 Å². The lowest BCUT2D eigenvalue weighted by atomic mass is 9.94. The maximum atomic E-state index is 13.0. The van der Waals surface area contributed by atoms with E-state index >= 15 is 0 Å². The SMILES string of the molecule is CCOCCCNC(=O)c1cccc(S(=O)(=O)N2CC(C)CC(C)C2)c1. The van der Waals surface area contributed by atoms with Crippen LogP contribution in [0.3, 0.4) is 0 Å². The number of ether oxygens (including phenoxy) is 1. The molecule has 1 fully saturated rings. The van der Waals surface area contributed by atoms with Gasteiger partial charge in [-0.25, -0.2) is 8.42 Å². The van der Waals surface area contributed by atoms with Crippen molar-refractivity contribution in [1.82, 2.24) is 9.62 Å². The summed E-state index contributed by atoms with van der Waals surface area (Å²) in [5.74, 6) is 0.412. The third-order valence-electron chi connectivity index (χ3n) is 4.52. The van der Waals surface area contributed by atoms with Crippen LogP contribution in [0, 0.1) is 11.8 Å². The summed E-state index contributed by atoms with van der Waals surface area (Å²) in [5, 5.41) is 2.80. The second-order valence-electron chi connectivity index (χ2n) is 7.10. The molecular formula is C19H30N2O4S. The first-order valence-corrected chi connectivity index (χ1v) is 10.7. The van der Waals surface area contributed by atoms with Crippen molar-refractivity contribution in [2.75, 3.05) is 32.8 Å². The highest BCUT2D eigenvalue weighted by atomic mass is 32.2. The molecule has 0 bridgehead atoms. The van der Waals surface area contributed by atoms with Gasteiger partial charge in [0.05, 0.1) is 4.90 Å². The fourth-order valence-corrected chi connectivity index (χ4v) is 5.10. The predicted octanol–water partition coefficient (Wildman–Crippen LogP) is 2.51. The fraction of sp³-hybridized carbons (Fsp3) is 0.632. The van der Waals surface area contributed by atoms with Crippen molar-refractivity contribution < 1.29 is 17.9 Å². The summed E-state index contributed by atoms with van der Waals surface area (Å²) in [6, 6.07) is 6.29. The van der Waals surface area contributed by atoms with Gasteiger partial charge in [-0.1, -0.05) is 19.9 Å². The molecule has 0 aliphatic carbocycles. The highest BCUT2D eigenvalue weighted by Gasteiger charge is 2.31. The van der Waals surface area contributed by atoms with E-state index in [1.807, 2.05) is 6.92 Å². The minimum Gasteiger partial charge on any atom is -0.382 e. The quantitative estimate of drug-likeness (QED) is 0.701. The van der Waals surface area contributed by atoms with Gasteiger partial charge in [0.25, 0.3) is 5.91 Å². The van der Waals surface area contributed by atoms with Crippen molar-refractivity contribution in [3.63, 3.8) is 0 Å². The van der Waals surface area contributed by atoms with Crippen LogP contribution in [-0.4, -0.2) is 51.5 Å². The molecule has 1 saturated heterocycles. The first kappa shape index (κ1) is 20.9. The molecule has 0 spiro atoms. The minimum atomic E-state index is -3.58. The number of nitrogens with zero attached hydrogens (tertiary/aromatic N) is 1. The van der Waals surface area contributed by atoms with E-state index in [4.69, 9.17) is 4.74 Å². The molecule has 1 N–H and O–H groups in total. The van der Waals surface area contributed by atoms with Gasteiger partial charge in [0.2, 0.25) is 10.0 Å². The number of amides is 1. The van der Waals surface area contributed by atoms with Crippen LogP contribution in [0.15, 0.2) is 29.2 Å². The number of carbonyl (C=O) groups excluding carboxylic acids is 1. The molecule has 2 rings (SSSR count). The Labute approximate surface area is 157 Å². The average molecular weight is 383 g/mol. The van der Waals surface area contributed by atoms with Gasteiger partial charge < -0.3 is 10.1 Å². The molecule has 0 aromatic heterocycles. The van der Waals surface area contributed by atoms with Crippen molar-refractivity contribution in [2.24, 2.45) is 11.8 Å². The Hall–Kier alpha value is -1.44. The number of hydrogen-bond acceptors (Lipinski definition) is 4. The summed E-state index contributed by atoms with van der Waals surface area (Å²) in [6.45, 7) is 8.87. The van der Waals surface area contributed by atoms with E-state index in [1.54, 1.807) is 22.5 Å². The van der Waals surface area contributed by atoms with E-state index in [2.05, 4.69) is 19.2 Å². The van der Waals surface area contributed by atoms with Crippen LogP contribution in [-0.2, 0) is 14.8 Å². The lowest BCUT2D eigenvalue weighted by Gasteiger charge is -2.34. The third kappa shape index (κ3) is 5.53. The standard InChI is InChI=1S/C19H30N2O4S/c1-4-25-10-6-9-20-19(22)17-7-5-8-18(12-17)26(23,24)21-13-15(2)11-16(3)14-21/h5,7-8,12,15-16H,4,6,9-11,13-14H2,1-3H3,(H,20,22). The zero-order valence-corrected chi connectivity index (χ0v) is 16.7. The molecule has 1 aromatic carbocycles. The summed E-state index contributed by atoms with van der Waals surface area (Å²) in [6.07, 6.45) is 1.76. The third-order valence-corrected chi connectivity index (χ3v) is 6.35. The van der Waals surface area contributed by atoms with Crippen molar-refractivity contribution in [1.29, 1.82) is 0 Å². The topological polar surface area (TPSA) is 75.7 Å². The molecule has 1 aromatic rings. The molecule has 0 saturated carbocycles. The smallest absolute Gasteiger partial charge is 0.251 e. The summed E-state index contributed by atoms with van der Waals surface area (Å²) in [7, 11) is -3.58. The molecule has 1 aliphatic rings. The van der Waals surface area contributed by atoms with Crippen LogP contribution in [0.25, 0.3) is 0 Å². The van der Waals surface area contributed by atoms with Crippen molar-refractivity contribution in [2.45, 2.75) is 38.5 Å². The lowest BCUT2D eigenvalue weighted by Crippen LogP contribution is -2.42. The van der Waals surface area contributed by atoms with E-state index in [0.29, 0.717) is 50.2 Å². The van der Waals surface area contributed by atoms with Gasteiger partial charge >= 0.3 is 0 Å². The highest BCUT2D eigenvalue weighted by Crippen LogP contribution is 2.26. The fourth-order valence-electron chi connectivity index (χ4n) is 3.37. The number of piperidine rings is 1. The van der Waals surface area contributed by atoms with Crippen LogP contribution in [0.5, 0.6) is 0 Å². The minimum absolute atomic E-state index is 0.181. The van der Waals surface area contributed by atoms with Gasteiger partial charge in [-0.3, -0.25) is 4.79 Å². The van der Waals surface area contributed by atoms with Crippen molar-refractivity contribution in [3.8, 4) is 0 Å². The molecule has 0 radical (unpaired) electrons. The number of rotatable bonds is 8. The molecule has 146 valence electrons. The Bertz CT molecular complexity index is 695. The summed E-state index contributed by atoms with van der Waals surface area (Å²) < 4.78 is 32.7. The molecule has 1 aliphatic heterocycles. The number of benzene rings is 1. The largest absolute Gasteiger partial charge is 0.382 e. The summed E-state index contributed by atoms with van der Waals surface area (Å²) in [5.41, 5.74) is 0.362. The van der Waals surface area contributed by atoms with Gasteiger partial charge in [-0.2, -0.15) is 4.31 Å². The Morgan fingerprint density at radius 1 is 1.27 bits per heavy atom. The normalized spacial score (nSPS) is 21.5. The number of sulfonamides is 1. The molecule has 7 heteroatoms. The Kier molecular flexibility index (Phi) is 7.61. The van der Waals surface area contributed by atoms with Crippen LogP contribution in [0.2, 0.25) is 0 Å². The summed E-state index contributed by atoms with van der Waals surface area (Å²) in [4.78, 5) is 12.5. The van der Waals surface area contributed by atoms with Crippen LogP contribution < -0.4 is 5.32 Å². The van der Waals surface area contributed by atoms with Crippen LogP contribution in [0.1, 0.15) is 44.0 Å². The van der Waals surface area contributed by atoms with E-state index in [-0.39, 0.29) is 10.8 Å².